The zero-order valence-electron chi connectivity index (χ0n) is 11.8. The van der Waals surface area contributed by atoms with Gasteiger partial charge in [0, 0.05) is 13.6 Å². The van der Waals surface area contributed by atoms with E-state index in [4.69, 9.17) is 16.3 Å². The number of thiazole rings is 1. The minimum Gasteiger partial charge on any atom is -0.465 e. The number of anilines is 1. The lowest BCUT2D eigenvalue weighted by molar-refractivity contribution is 0.0606. The molecule has 2 fully saturated rings. The van der Waals surface area contributed by atoms with Crippen LogP contribution in [-0.4, -0.2) is 31.7 Å². The maximum atomic E-state index is 11.6. The van der Waals surface area contributed by atoms with E-state index in [0.717, 1.165) is 29.4 Å². The van der Waals surface area contributed by atoms with Gasteiger partial charge in [0.2, 0.25) is 0 Å². The molecule has 1 aromatic rings. The average Bonchev–Trinajstić information content (AvgIpc) is 3.12. The van der Waals surface area contributed by atoms with E-state index in [1.54, 1.807) is 0 Å². The van der Waals surface area contributed by atoms with Gasteiger partial charge in [-0.3, -0.25) is 0 Å². The molecule has 2 aliphatic carbocycles. The molecule has 3 atom stereocenters. The average molecular weight is 315 g/mol. The van der Waals surface area contributed by atoms with E-state index in [1.807, 2.05) is 7.05 Å². The highest BCUT2D eigenvalue weighted by Gasteiger charge is 2.39. The second kappa shape index (κ2) is 5.53. The molecule has 3 rings (SSSR count). The summed E-state index contributed by atoms with van der Waals surface area (Å²) in [6, 6.07) is 0. The molecule has 1 heterocycles. The van der Waals surface area contributed by atoms with E-state index in [1.165, 1.54) is 44.1 Å². The van der Waals surface area contributed by atoms with Crippen LogP contribution in [0.3, 0.4) is 0 Å². The lowest BCUT2D eigenvalue weighted by atomic mass is 9.88. The maximum absolute atomic E-state index is 11.6. The summed E-state index contributed by atoms with van der Waals surface area (Å²) >= 11 is 7.33. The normalized spacial score (nSPS) is 27.9. The topological polar surface area (TPSA) is 42.4 Å². The Morgan fingerprint density at radius 3 is 2.90 bits per heavy atom. The van der Waals surface area contributed by atoms with E-state index < -0.39 is 5.97 Å². The fourth-order valence-corrected chi connectivity index (χ4v) is 4.87. The van der Waals surface area contributed by atoms with Gasteiger partial charge < -0.3 is 9.64 Å². The Labute approximate surface area is 128 Å². The van der Waals surface area contributed by atoms with Gasteiger partial charge in [0.05, 0.1) is 7.11 Å². The molecule has 4 nitrogen and oxygen atoms in total. The van der Waals surface area contributed by atoms with Gasteiger partial charge in [0.15, 0.2) is 15.2 Å². The number of methoxy groups -OCH3 is 1. The molecule has 0 aliphatic heterocycles. The van der Waals surface area contributed by atoms with Gasteiger partial charge in [-0.15, -0.1) is 0 Å². The highest BCUT2D eigenvalue weighted by atomic mass is 35.5. The van der Waals surface area contributed by atoms with Gasteiger partial charge in [0.25, 0.3) is 0 Å². The molecule has 0 amide bonds. The predicted octanol–water partition coefficient (Wildman–Crippen LogP) is 3.46. The number of carbonyl (C=O) groups excluding carboxylic acids is 1. The van der Waals surface area contributed by atoms with Crippen molar-refractivity contribution in [3.05, 3.63) is 10.0 Å². The summed E-state index contributed by atoms with van der Waals surface area (Å²) in [4.78, 5) is 18.4. The molecular formula is C14H19ClN2O2S. The smallest absolute Gasteiger partial charge is 0.351 e. The number of halogens is 1. The van der Waals surface area contributed by atoms with Crippen molar-refractivity contribution in [2.24, 2.45) is 17.8 Å². The summed E-state index contributed by atoms with van der Waals surface area (Å²) in [6.45, 7) is 1.01. The summed E-state index contributed by atoms with van der Waals surface area (Å²) < 4.78 is 4.71. The van der Waals surface area contributed by atoms with Crippen LogP contribution in [-0.2, 0) is 4.74 Å². The van der Waals surface area contributed by atoms with Gasteiger partial charge in [0.1, 0.15) is 0 Å². The van der Waals surface area contributed by atoms with Crippen LogP contribution in [0.15, 0.2) is 0 Å². The Hall–Kier alpha value is -0.810. The Bertz CT molecular complexity index is 519. The van der Waals surface area contributed by atoms with Crippen LogP contribution in [0.2, 0.25) is 5.15 Å². The molecular weight excluding hydrogens is 296 g/mol. The minimum absolute atomic E-state index is 0.247. The fraction of sp³-hybridized carbons (Fsp3) is 0.714. The Morgan fingerprint density at radius 2 is 2.30 bits per heavy atom. The third kappa shape index (κ3) is 2.53. The first-order valence-corrected chi connectivity index (χ1v) is 8.23. The number of esters is 1. The first-order chi connectivity index (χ1) is 9.58. The molecule has 3 unspecified atom stereocenters. The van der Waals surface area contributed by atoms with Gasteiger partial charge in [-0.05, 0) is 37.0 Å². The molecule has 0 aromatic carbocycles. The molecule has 0 radical (unpaired) electrons. The van der Waals surface area contributed by atoms with Crippen molar-refractivity contribution in [1.29, 1.82) is 0 Å². The number of hydrogen-bond acceptors (Lipinski definition) is 5. The lowest BCUT2D eigenvalue weighted by Crippen LogP contribution is -2.28. The van der Waals surface area contributed by atoms with E-state index in [2.05, 4.69) is 9.88 Å². The van der Waals surface area contributed by atoms with Crippen LogP contribution in [0, 0.1) is 17.8 Å². The van der Waals surface area contributed by atoms with Crippen LogP contribution in [0.4, 0.5) is 5.13 Å². The molecule has 20 heavy (non-hydrogen) atoms. The summed E-state index contributed by atoms with van der Waals surface area (Å²) in [5, 5.41) is 1.05. The van der Waals surface area contributed by atoms with Crippen molar-refractivity contribution in [2.75, 3.05) is 25.6 Å². The first-order valence-electron chi connectivity index (χ1n) is 7.04. The zero-order chi connectivity index (χ0) is 14.3. The molecule has 1 aromatic heterocycles. The van der Waals surface area contributed by atoms with E-state index in [9.17, 15) is 4.79 Å². The van der Waals surface area contributed by atoms with Crippen LogP contribution in [0.5, 0.6) is 0 Å². The molecule has 6 heteroatoms. The molecule has 110 valence electrons. The van der Waals surface area contributed by atoms with Crippen molar-refractivity contribution in [1.82, 2.24) is 4.98 Å². The number of rotatable bonds is 4. The Morgan fingerprint density at radius 1 is 1.50 bits per heavy atom. The standard InChI is InChI=1S/C14H19ClN2O2S/c1-17(7-10-6-8-3-4-9(10)5-8)14-16-12(15)11(20-14)13(18)19-2/h8-10H,3-7H2,1-2H3. The monoisotopic (exact) mass is 314 g/mol. The first kappa shape index (κ1) is 14.1. The zero-order valence-corrected chi connectivity index (χ0v) is 13.3. The number of fused-ring (bicyclic) bond motifs is 2. The van der Waals surface area contributed by atoms with E-state index in [-0.39, 0.29) is 5.15 Å². The molecule has 2 saturated carbocycles. The summed E-state index contributed by atoms with van der Waals surface area (Å²) in [5.74, 6) is 2.19. The Balaban J connectivity index is 1.68. The third-order valence-electron chi connectivity index (χ3n) is 4.66. The molecule has 2 aliphatic rings. The largest absolute Gasteiger partial charge is 0.465 e. The molecule has 0 N–H and O–H groups in total. The van der Waals surface area contributed by atoms with Crippen molar-refractivity contribution >= 4 is 34.0 Å². The highest BCUT2D eigenvalue weighted by Crippen LogP contribution is 2.48. The van der Waals surface area contributed by atoms with Crippen molar-refractivity contribution in [3.8, 4) is 0 Å². The number of aromatic nitrogens is 1. The number of ether oxygens (including phenoxy) is 1. The van der Waals surface area contributed by atoms with Crippen LogP contribution in [0.1, 0.15) is 35.4 Å². The second-order valence-corrected chi connectivity index (χ2v) is 7.26. The quantitative estimate of drug-likeness (QED) is 0.798. The Kier molecular flexibility index (Phi) is 3.91. The number of carbonyl (C=O) groups is 1. The van der Waals surface area contributed by atoms with Crippen LogP contribution < -0.4 is 4.90 Å². The summed E-state index contributed by atoms with van der Waals surface area (Å²) in [5.41, 5.74) is 0. The summed E-state index contributed by atoms with van der Waals surface area (Å²) in [6.07, 6.45) is 5.55. The molecule has 0 saturated heterocycles. The van der Waals surface area contributed by atoms with E-state index in [0.29, 0.717) is 4.88 Å². The predicted molar refractivity (Wildman–Crippen MR) is 80.7 cm³/mol. The minimum atomic E-state index is -0.410. The van der Waals surface area contributed by atoms with Gasteiger partial charge in [-0.25, -0.2) is 9.78 Å². The molecule has 2 bridgehead atoms. The lowest BCUT2D eigenvalue weighted by Gasteiger charge is -2.26. The van der Waals surface area contributed by atoms with Crippen LogP contribution in [0.25, 0.3) is 0 Å². The highest BCUT2D eigenvalue weighted by molar-refractivity contribution is 7.18. The summed E-state index contributed by atoms with van der Waals surface area (Å²) in [7, 11) is 3.39. The van der Waals surface area contributed by atoms with Crippen molar-refractivity contribution in [3.63, 3.8) is 0 Å². The molecule has 0 spiro atoms. The second-order valence-electron chi connectivity index (χ2n) is 5.92. The maximum Gasteiger partial charge on any atom is 0.351 e. The van der Waals surface area contributed by atoms with Crippen molar-refractivity contribution in [2.45, 2.75) is 25.7 Å². The van der Waals surface area contributed by atoms with Gasteiger partial charge in [-0.1, -0.05) is 29.4 Å². The fourth-order valence-electron chi connectivity index (χ4n) is 3.70. The van der Waals surface area contributed by atoms with Crippen LogP contribution >= 0.6 is 22.9 Å². The number of nitrogens with zero attached hydrogens (tertiary/aromatic N) is 2. The number of hydrogen-bond donors (Lipinski definition) is 0. The third-order valence-corrected chi connectivity index (χ3v) is 6.20. The van der Waals surface area contributed by atoms with Gasteiger partial charge in [-0.2, -0.15) is 0 Å². The van der Waals surface area contributed by atoms with Crippen molar-refractivity contribution < 1.29 is 9.53 Å². The van der Waals surface area contributed by atoms with Gasteiger partial charge >= 0.3 is 5.97 Å². The van der Waals surface area contributed by atoms with E-state index >= 15 is 0 Å². The SMILES string of the molecule is COC(=O)c1sc(N(C)CC2CC3CCC2C3)nc1Cl.